The standard InChI is InChI=1S/C31H42O9/c1-16(2)27(34)40-26-21-11-18-19(30(5)22(13-23(32)36-6)29(26,4)15-38-31(21,30)35)7-9-28(3)20(18)12-24(33)39-25(28)17-8-10-37-14-17/h8,10,14,16,18-22,25-26,35H,7,9,11-13,15H2,1-6H3. The van der Waals surface area contributed by atoms with Crippen LogP contribution < -0.4 is 0 Å². The van der Waals surface area contributed by atoms with E-state index in [0.717, 1.165) is 18.4 Å². The molecule has 0 radical (unpaired) electrons. The molecule has 4 bridgehead atoms. The largest absolute Gasteiger partial charge is 0.472 e. The zero-order valence-corrected chi connectivity index (χ0v) is 24.3. The van der Waals surface area contributed by atoms with Crippen molar-refractivity contribution in [3.8, 4) is 0 Å². The molecule has 6 fully saturated rings. The fraction of sp³-hybridized carbons (Fsp3) is 0.774. The second-order valence-electron chi connectivity index (χ2n) is 14.0. The summed E-state index contributed by atoms with van der Waals surface area (Å²) in [6.45, 7) is 10.1. The maximum Gasteiger partial charge on any atom is 0.308 e. The lowest BCUT2D eigenvalue weighted by molar-refractivity contribution is -0.455. The van der Waals surface area contributed by atoms with Crippen LogP contribution in [0.3, 0.4) is 0 Å². The summed E-state index contributed by atoms with van der Waals surface area (Å²) < 4.78 is 29.1. The number of cyclic esters (lactones) is 1. The molecule has 3 aliphatic heterocycles. The van der Waals surface area contributed by atoms with Crippen LogP contribution in [0.15, 0.2) is 23.0 Å². The molecule has 4 heterocycles. The van der Waals surface area contributed by atoms with E-state index in [0.29, 0.717) is 6.42 Å². The van der Waals surface area contributed by atoms with Crippen molar-refractivity contribution >= 4 is 17.9 Å². The number of aliphatic hydroxyl groups is 1. The molecule has 220 valence electrons. The second kappa shape index (κ2) is 9.05. The summed E-state index contributed by atoms with van der Waals surface area (Å²) >= 11 is 0. The van der Waals surface area contributed by atoms with Gasteiger partial charge >= 0.3 is 17.9 Å². The summed E-state index contributed by atoms with van der Waals surface area (Å²) in [7, 11) is 1.37. The Kier molecular flexibility index (Phi) is 6.28. The highest BCUT2D eigenvalue weighted by molar-refractivity contribution is 5.73. The monoisotopic (exact) mass is 558 g/mol. The van der Waals surface area contributed by atoms with Crippen LogP contribution in [0, 0.1) is 51.8 Å². The fourth-order valence-electron chi connectivity index (χ4n) is 9.97. The molecule has 40 heavy (non-hydrogen) atoms. The van der Waals surface area contributed by atoms with Crippen molar-refractivity contribution in [2.75, 3.05) is 13.7 Å². The molecule has 0 amide bonds. The van der Waals surface area contributed by atoms with Gasteiger partial charge in [-0.05, 0) is 49.0 Å². The lowest BCUT2D eigenvalue weighted by Crippen LogP contribution is -2.81. The van der Waals surface area contributed by atoms with Gasteiger partial charge in [-0.1, -0.05) is 34.6 Å². The molecule has 1 aromatic heterocycles. The topological polar surface area (TPSA) is 122 Å². The van der Waals surface area contributed by atoms with Crippen LogP contribution in [0.25, 0.3) is 0 Å². The van der Waals surface area contributed by atoms with Gasteiger partial charge in [-0.25, -0.2) is 0 Å². The van der Waals surface area contributed by atoms with Crippen molar-refractivity contribution in [3.63, 3.8) is 0 Å². The molecular formula is C31H42O9. The maximum absolute atomic E-state index is 13.1. The first-order chi connectivity index (χ1) is 18.8. The number of carbonyl (C=O) groups is 3. The maximum atomic E-state index is 13.1. The van der Waals surface area contributed by atoms with Gasteiger partial charge in [0.1, 0.15) is 12.2 Å². The minimum Gasteiger partial charge on any atom is -0.472 e. The van der Waals surface area contributed by atoms with Gasteiger partial charge in [-0.2, -0.15) is 0 Å². The summed E-state index contributed by atoms with van der Waals surface area (Å²) in [5.41, 5.74) is -1.01. The van der Waals surface area contributed by atoms with E-state index in [1.54, 1.807) is 26.4 Å². The average Bonchev–Trinajstić information content (AvgIpc) is 3.44. The summed E-state index contributed by atoms with van der Waals surface area (Å²) in [6.07, 6.45) is 4.67. The van der Waals surface area contributed by atoms with Crippen molar-refractivity contribution in [1.82, 2.24) is 0 Å². The van der Waals surface area contributed by atoms with Gasteiger partial charge in [0.15, 0.2) is 5.79 Å². The van der Waals surface area contributed by atoms with Gasteiger partial charge in [-0.15, -0.1) is 0 Å². The van der Waals surface area contributed by atoms with Crippen LogP contribution in [0.4, 0.5) is 0 Å². The van der Waals surface area contributed by atoms with Crippen LogP contribution in [-0.4, -0.2) is 48.6 Å². The molecule has 0 aromatic carbocycles. The Labute approximate surface area is 235 Å². The van der Waals surface area contributed by atoms with E-state index in [1.165, 1.54) is 7.11 Å². The minimum absolute atomic E-state index is 0.0150. The van der Waals surface area contributed by atoms with Gasteiger partial charge in [-0.3, -0.25) is 14.4 Å². The number of furan rings is 1. The third-order valence-electron chi connectivity index (χ3n) is 12.0. The minimum atomic E-state index is -1.58. The van der Waals surface area contributed by atoms with Crippen LogP contribution >= 0.6 is 0 Å². The molecule has 6 aliphatic rings. The molecule has 7 rings (SSSR count). The normalized spacial score (nSPS) is 47.2. The van der Waals surface area contributed by atoms with Crippen molar-refractivity contribution < 1.29 is 42.9 Å². The predicted molar refractivity (Wildman–Crippen MR) is 140 cm³/mol. The first-order valence-corrected chi connectivity index (χ1v) is 14.7. The Balaban J connectivity index is 1.47. The number of hydrogen-bond donors (Lipinski definition) is 1. The number of rotatable bonds is 5. The molecule has 1 aromatic rings. The smallest absolute Gasteiger partial charge is 0.308 e. The Hall–Kier alpha value is -2.39. The third-order valence-corrected chi connectivity index (χ3v) is 12.0. The van der Waals surface area contributed by atoms with E-state index in [9.17, 15) is 19.5 Å². The lowest BCUT2D eigenvalue weighted by Gasteiger charge is -2.76. The molecule has 3 saturated heterocycles. The zero-order chi connectivity index (χ0) is 28.8. The summed E-state index contributed by atoms with van der Waals surface area (Å²) in [4.78, 5) is 39.0. The van der Waals surface area contributed by atoms with Crippen molar-refractivity contribution in [2.24, 2.45) is 51.8 Å². The summed E-state index contributed by atoms with van der Waals surface area (Å²) in [6, 6.07) is 1.86. The van der Waals surface area contributed by atoms with Gasteiger partial charge in [0.2, 0.25) is 0 Å². The molecule has 11 unspecified atom stereocenters. The molecule has 9 nitrogen and oxygen atoms in total. The number of carbonyl (C=O) groups excluding carboxylic acids is 3. The summed E-state index contributed by atoms with van der Waals surface area (Å²) in [5, 5.41) is 12.5. The Morgan fingerprint density at radius 3 is 2.55 bits per heavy atom. The lowest BCUT2D eigenvalue weighted by atomic mass is 9.34. The van der Waals surface area contributed by atoms with E-state index < -0.39 is 34.7 Å². The molecular weight excluding hydrogens is 516 g/mol. The van der Waals surface area contributed by atoms with E-state index in [4.69, 9.17) is 23.4 Å². The number of ether oxygens (including phenoxy) is 4. The second-order valence-corrected chi connectivity index (χ2v) is 14.0. The highest BCUT2D eigenvalue weighted by atomic mass is 16.6. The number of esters is 3. The Morgan fingerprint density at radius 2 is 1.90 bits per heavy atom. The van der Waals surface area contributed by atoms with Crippen LogP contribution in [0.2, 0.25) is 0 Å². The van der Waals surface area contributed by atoms with Crippen LogP contribution in [0.5, 0.6) is 0 Å². The molecule has 0 spiro atoms. The van der Waals surface area contributed by atoms with Gasteiger partial charge < -0.3 is 28.5 Å². The third kappa shape index (κ3) is 3.49. The van der Waals surface area contributed by atoms with Gasteiger partial charge in [0.05, 0.1) is 38.1 Å². The number of hydrogen-bond acceptors (Lipinski definition) is 9. The van der Waals surface area contributed by atoms with E-state index in [-0.39, 0.29) is 72.4 Å². The number of fused-ring (bicyclic) bond motifs is 4. The van der Waals surface area contributed by atoms with Gasteiger partial charge in [0.25, 0.3) is 0 Å². The Morgan fingerprint density at radius 1 is 1.15 bits per heavy atom. The van der Waals surface area contributed by atoms with E-state index >= 15 is 0 Å². The summed E-state index contributed by atoms with van der Waals surface area (Å²) in [5.74, 6) is -3.73. The predicted octanol–water partition coefficient (Wildman–Crippen LogP) is 4.43. The zero-order valence-electron chi connectivity index (χ0n) is 24.3. The highest BCUT2D eigenvalue weighted by Gasteiger charge is 2.80. The average molecular weight is 559 g/mol. The molecule has 1 N–H and O–H groups in total. The first kappa shape index (κ1) is 27.8. The molecule has 3 saturated carbocycles. The quantitative estimate of drug-likeness (QED) is 0.413. The van der Waals surface area contributed by atoms with Crippen molar-refractivity contribution in [1.29, 1.82) is 0 Å². The van der Waals surface area contributed by atoms with Crippen molar-refractivity contribution in [3.05, 3.63) is 24.2 Å². The first-order valence-electron chi connectivity index (χ1n) is 14.7. The molecule has 9 heteroatoms. The van der Waals surface area contributed by atoms with Gasteiger partial charge in [0, 0.05) is 34.7 Å². The molecule has 3 aliphatic carbocycles. The fourth-order valence-corrected chi connectivity index (χ4v) is 9.97. The van der Waals surface area contributed by atoms with Crippen molar-refractivity contribution in [2.45, 2.75) is 84.7 Å². The van der Waals surface area contributed by atoms with Crippen LogP contribution in [0.1, 0.15) is 78.4 Å². The van der Waals surface area contributed by atoms with Crippen LogP contribution in [-0.2, 0) is 33.3 Å². The highest BCUT2D eigenvalue weighted by Crippen LogP contribution is 2.76. The SMILES string of the molecule is COC(=O)CC1C2(C)COC3(O)C(CC4C5CC(=O)OC(c6ccoc6)C5(C)CCC4C13C)C2OC(=O)C(C)C. The molecule has 11 atom stereocenters. The van der Waals surface area contributed by atoms with E-state index in [1.807, 2.05) is 13.0 Å². The van der Waals surface area contributed by atoms with E-state index in [2.05, 4.69) is 13.8 Å². The number of methoxy groups -OCH3 is 1. The Bertz CT molecular complexity index is 1190.